The van der Waals surface area contributed by atoms with E-state index in [1.807, 2.05) is 0 Å². The highest BCUT2D eigenvalue weighted by molar-refractivity contribution is 6.31. The van der Waals surface area contributed by atoms with Crippen molar-refractivity contribution in [3.8, 4) is 0 Å². The molecule has 11 heavy (non-hydrogen) atoms. The molecule has 0 aromatic carbocycles. The van der Waals surface area contributed by atoms with Crippen LogP contribution in [0.3, 0.4) is 0 Å². The van der Waals surface area contributed by atoms with Gasteiger partial charge in [0.1, 0.15) is 0 Å². The highest BCUT2D eigenvalue weighted by Gasteiger charge is 2.08. The molecule has 0 saturated carbocycles. The number of hydrogen-bond donors (Lipinski definition) is 1. The summed E-state index contributed by atoms with van der Waals surface area (Å²) in [6.07, 6.45) is -0.671. The molecule has 0 aliphatic rings. The second-order valence-corrected chi connectivity index (χ2v) is 2.83. The molecule has 0 fully saturated rings. The lowest BCUT2D eigenvalue weighted by molar-refractivity contribution is 0.199. The summed E-state index contributed by atoms with van der Waals surface area (Å²) >= 11 is 11.1. The fourth-order valence-corrected chi connectivity index (χ4v) is 1.06. The first-order valence-corrected chi connectivity index (χ1v) is 3.73. The van der Waals surface area contributed by atoms with E-state index in [-0.39, 0.29) is 10.3 Å². The topological polar surface area (TPSA) is 46.0 Å². The first kappa shape index (κ1) is 8.71. The van der Waals surface area contributed by atoms with Crippen molar-refractivity contribution in [2.75, 3.05) is 0 Å². The van der Waals surface area contributed by atoms with Crippen LogP contribution < -0.4 is 0 Å². The summed E-state index contributed by atoms with van der Waals surface area (Å²) < 4.78 is 0. The quantitative estimate of drug-likeness (QED) is 0.739. The van der Waals surface area contributed by atoms with Crippen molar-refractivity contribution in [1.29, 1.82) is 0 Å². The zero-order valence-electron chi connectivity index (χ0n) is 5.75. The third-order valence-corrected chi connectivity index (χ3v) is 1.67. The van der Waals surface area contributed by atoms with E-state index in [9.17, 15) is 0 Å². The molecule has 0 amide bonds. The van der Waals surface area contributed by atoms with Crippen molar-refractivity contribution in [3.63, 3.8) is 0 Å². The Morgan fingerprint density at radius 3 is 2.55 bits per heavy atom. The van der Waals surface area contributed by atoms with Crippen LogP contribution in [0.5, 0.6) is 0 Å². The van der Waals surface area contributed by atoms with Crippen molar-refractivity contribution >= 4 is 23.2 Å². The molecule has 0 aliphatic heterocycles. The normalized spacial score (nSPS) is 13.1. The maximum absolute atomic E-state index is 9.12. The Morgan fingerprint density at radius 2 is 2.09 bits per heavy atom. The van der Waals surface area contributed by atoms with Crippen LogP contribution in [-0.2, 0) is 0 Å². The minimum absolute atomic E-state index is 0.185. The summed E-state index contributed by atoms with van der Waals surface area (Å²) in [6, 6.07) is 1.49. The first-order chi connectivity index (χ1) is 5.11. The van der Waals surface area contributed by atoms with E-state index in [2.05, 4.69) is 10.2 Å². The zero-order chi connectivity index (χ0) is 8.43. The van der Waals surface area contributed by atoms with E-state index in [4.69, 9.17) is 28.3 Å². The van der Waals surface area contributed by atoms with Gasteiger partial charge in [-0.1, -0.05) is 23.2 Å². The van der Waals surface area contributed by atoms with Crippen molar-refractivity contribution in [3.05, 3.63) is 21.9 Å². The molecule has 1 N–H and O–H groups in total. The third kappa shape index (κ3) is 2.02. The fraction of sp³-hybridized carbons (Fsp3) is 0.333. The van der Waals surface area contributed by atoms with Crippen LogP contribution in [0, 0.1) is 0 Å². The maximum atomic E-state index is 9.12. The molecular weight excluding hydrogens is 187 g/mol. The number of aliphatic hydroxyl groups is 1. The molecule has 0 saturated heterocycles. The molecule has 1 unspecified atom stereocenters. The second-order valence-electron chi connectivity index (χ2n) is 2.09. The van der Waals surface area contributed by atoms with Gasteiger partial charge in [-0.3, -0.25) is 0 Å². The lowest BCUT2D eigenvalue weighted by Gasteiger charge is -2.04. The Morgan fingerprint density at radius 1 is 1.45 bits per heavy atom. The maximum Gasteiger partial charge on any atom is 0.157 e. The van der Waals surface area contributed by atoms with Crippen LogP contribution in [0.2, 0.25) is 10.3 Å². The smallest absolute Gasteiger partial charge is 0.157 e. The van der Waals surface area contributed by atoms with Crippen LogP contribution in [0.25, 0.3) is 0 Å². The lowest BCUT2D eigenvalue weighted by Crippen LogP contribution is -1.96. The molecular formula is C6H6Cl2N2O. The van der Waals surface area contributed by atoms with Gasteiger partial charge in [0, 0.05) is 5.56 Å². The Hall–Kier alpha value is -0.380. The number of rotatable bonds is 1. The van der Waals surface area contributed by atoms with Gasteiger partial charge in [-0.25, -0.2) is 0 Å². The van der Waals surface area contributed by atoms with E-state index in [1.54, 1.807) is 6.92 Å². The van der Waals surface area contributed by atoms with Crippen LogP contribution in [0.1, 0.15) is 18.6 Å². The van der Waals surface area contributed by atoms with Gasteiger partial charge in [0.15, 0.2) is 10.3 Å². The summed E-state index contributed by atoms with van der Waals surface area (Å²) in [6.45, 7) is 1.58. The molecule has 0 spiro atoms. The van der Waals surface area contributed by atoms with Gasteiger partial charge in [-0.15, -0.1) is 10.2 Å². The average molecular weight is 193 g/mol. The van der Waals surface area contributed by atoms with Crippen LogP contribution in [0.4, 0.5) is 0 Å². The van der Waals surface area contributed by atoms with Gasteiger partial charge < -0.3 is 5.11 Å². The highest BCUT2D eigenvalue weighted by Crippen LogP contribution is 2.21. The predicted octanol–water partition coefficient (Wildman–Crippen LogP) is 1.84. The third-order valence-electron chi connectivity index (χ3n) is 1.20. The Kier molecular flexibility index (Phi) is 2.65. The van der Waals surface area contributed by atoms with Gasteiger partial charge in [-0.2, -0.15) is 0 Å². The van der Waals surface area contributed by atoms with E-state index in [0.29, 0.717) is 5.56 Å². The largest absolute Gasteiger partial charge is 0.389 e. The van der Waals surface area contributed by atoms with Gasteiger partial charge in [0.2, 0.25) is 0 Å². The van der Waals surface area contributed by atoms with Crippen LogP contribution in [-0.4, -0.2) is 15.3 Å². The molecule has 1 aromatic rings. The summed E-state index contributed by atoms with van der Waals surface area (Å²) in [5.74, 6) is 0. The van der Waals surface area contributed by atoms with Crippen LogP contribution in [0.15, 0.2) is 6.07 Å². The minimum atomic E-state index is -0.671. The molecule has 0 aliphatic carbocycles. The van der Waals surface area contributed by atoms with Crippen molar-refractivity contribution < 1.29 is 5.11 Å². The SMILES string of the molecule is CC(O)c1cc(Cl)nnc1Cl. The fourth-order valence-electron chi connectivity index (χ4n) is 0.659. The Labute approximate surface area is 74.0 Å². The van der Waals surface area contributed by atoms with Crippen molar-refractivity contribution in [2.45, 2.75) is 13.0 Å². The van der Waals surface area contributed by atoms with E-state index in [0.717, 1.165) is 0 Å². The number of halogens is 2. The van der Waals surface area contributed by atoms with Crippen molar-refractivity contribution in [1.82, 2.24) is 10.2 Å². The number of nitrogens with zero attached hydrogens (tertiary/aromatic N) is 2. The summed E-state index contributed by atoms with van der Waals surface area (Å²) in [7, 11) is 0. The summed E-state index contributed by atoms with van der Waals surface area (Å²) in [5, 5.41) is 16.5. The standard InChI is InChI=1S/C6H6Cl2N2O/c1-3(11)4-2-5(7)9-10-6(4)8/h2-3,11H,1H3. The molecule has 3 nitrogen and oxygen atoms in total. The first-order valence-electron chi connectivity index (χ1n) is 2.98. The Bertz CT molecular complexity index is 265. The molecule has 1 atom stereocenters. The molecule has 0 bridgehead atoms. The number of hydrogen-bond acceptors (Lipinski definition) is 3. The monoisotopic (exact) mass is 192 g/mol. The number of aliphatic hydroxyl groups excluding tert-OH is 1. The molecule has 60 valence electrons. The molecule has 0 radical (unpaired) electrons. The van der Waals surface area contributed by atoms with E-state index < -0.39 is 6.10 Å². The minimum Gasteiger partial charge on any atom is -0.389 e. The summed E-state index contributed by atoms with van der Waals surface area (Å²) in [5.41, 5.74) is 0.492. The molecule has 1 aromatic heterocycles. The molecule has 1 heterocycles. The lowest BCUT2D eigenvalue weighted by atomic mass is 10.2. The Balaban J connectivity index is 3.13. The molecule has 1 rings (SSSR count). The average Bonchev–Trinajstić information content (AvgIpc) is 1.94. The molecule has 5 heteroatoms. The van der Waals surface area contributed by atoms with Crippen LogP contribution >= 0.6 is 23.2 Å². The van der Waals surface area contributed by atoms with Gasteiger partial charge in [0.05, 0.1) is 6.10 Å². The van der Waals surface area contributed by atoms with Gasteiger partial charge >= 0.3 is 0 Å². The van der Waals surface area contributed by atoms with Crippen molar-refractivity contribution in [2.24, 2.45) is 0 Å². The van der Waals surface area contributed by atoms with E-state index >= 15 is 0 Å². The summed E-state index contributed by atoms with van der Waals surface area (Å²) in [4.78, 5) is 0. The van der Waals surface area contributed by atoms with Gasteiger partial charge in [0.25, 0.3) is 0 Å². The number of aromatic nitrogens is 2. The van der Waals surface area contributed by atoms with E-state index in [1.165, 1.54) is 6.07 Å². The highest BCUT2D eigenvalue weighted by atomic mass is 35.5. The second kappa shape index (κ2) is 3.34. The predicted molar refractivity (Wildman–Crippen MR) is 42.7 cm³/mol. The van der Waals surface area contributed by atoms with Gasteiger partial charge in [-0.05, 0) is 13.0 Å². The zero-order valence-corrected chi connectivity index (χ0v) is 7.26.